The largest absolute Gasteiger partial charge is 0.336 e. The molecule has 0 N–H and O–H groups in total. The molecule has 0 spiro atoms. The number of halogens is 1. The van der Waals surface area contributed by atoms with Crippen LogP contribution in [-0.4, -0.2) is 43.7 Å². The van der Waals surface area contributed by atoms with E-state index in [2.05, 4.69) is 22.2 Å². The lowest BCUT2D eigenvalue weighted by Crippen LogP contribution is -2.38. The zero-order valence-corrected chi connectivity index (χ0v) is 14.7. The monoisotopic (exact) mass is 361 g/mol. The Bertz CT molecular complexity index is 880. The maximum atomic E-state index is 12.7. The van der Waals surface area contributed by atoms with Crippen LogP contribution >= 0.6 is 22.9 Å². The highest BCUT2D eigenvalue weighted by Gasteiger charge is 2.26. The molecule has 0 bridgehead atoms. The summed E-state index contributed by atoms with van der Waals surface area (Å²) in [5.74, 6) is 0.863. The predicted molar refractivity (Wildman–Crippen MR) is 93.4 cm³/mol. The zero-order chi connectivity index (χ0) is 16.7. The quantitative estimate of drug-likeness (QED) is 0.702. The number of nitrogens with zero attached hydrogens (tertiary/aromatic N) is 5. The van der Waals surface area contributed by atoms with Crippen LogP contribution in [-0.2, 0) is 0 Å². The van der Waals surface area contributed by atoms with Gasteiger partial charge in [0.2, 0.25) is 10.8 Å². The van der Waals surface area contributed by atoms with Crippen molar-refractivity contribution in [1.82, 2.24) is 24.7 Å². The van der Waals surface area contributed by atoms with Crippen molar-refractivity contribution >= 4 is 33.8 Å². The van der Waals surface area contributed by atoms with Crippen molar-refractivity contribution in [3.05, 3.63) is 35.1 Å². The van der Waals surface area contributed by atoms with E-state index in [1.54, 1.807) is 4.52 Å². The third-order valence-electron chi connectivity index (χ3n) is 4.34. The Morgan fingerprint density at radius 3 is 2.62 bits per heavy atom. The van der Waals surface area contributed by atoms with Gasteiger partial charge in [0.25, 0.3) is 5.91 Å². The molecular weight excluding hydrogens is 346 g/mol. The van der Waals surface area contributed by atoms with Crippen molar-refractivity contribution in [3.63, 3.8) is 0 Å². The molecular formula is C16H16ClN5OS. The van der Waals surface area contributed by atoms with Crippen molar-refractivity contribution in [3.8, 4) is 10.6 Å². The summed E-state index contributed by atoms with van der Waals surface area (Å²) in [7, 11) is 0. The second-order valence-corrected chi connectivity index (χ2v) is 7.50. The Morgan fingerprint density at radius 1 is 1.21 bits per heavy atom. The van der Waals surface area contributed by atoms with Gasteiger partial charge in [0.15, 0.2) is 0 Å². The fourth-order valence-electron chi connectivity index (χ4n) is 2.81. The van der Waals surface area contributed by atoms with Gasteiger partial charge in [0.05, 0.1) is 0 Å². The van der Waals surface area contributed by atoms with Gasteiger partial charge < -0.3 is 4.90 Å². The minimum atomic E-state index is -0.0950. The average molecular weight is 362 g/mol. The van der Waals surface area contributed by atoms with E-state index < -0.39 is 0 Å². The van der Waals surface area contributed by atoms with Crippen LogP contribution in [0.4, 0.5) is 0 Å². The molecule has 1 fully saturated rings. The van der Waals surface area contributed by atoms with E-state index in [9.17, 15) is 4.79 Å². The highest BCUT2D eigenvalue weighted by atomic mass is 35.5. The maximum Gasteiger partial charge on any atom is 0.293 e. The third kappa shape index (κ3) is 2.78. The zero-order valence-electron chi connectivity index (χ0n) is 13.1. The first-order valence-electron chi connectivity index (χ1n) is 7.89. The molecule has 8 heteroatoms. The number of hydrogen-bond donors (Lipinski definition) is 0. The number of benzene rings is 1. The van der Waals surface area contributed by atoms with Gasteiger partial charge in [-0.05, 0) is 30.9 Å². The van der Waals surface area contributed by atoms with Crippen LogP contribution in [0.1, 0.15) is 30.4 Å². The molecule has 0 aliphatic carbocycles. The first-order chi connectivity index (χ1) is 11.6. The number of fused-ring (bicyclic) bond motifs is 1. The van der Waals surface area contributed by atoms with Gasteiger partial charge in [-0.1, -0.05) is 42.0 Å². The molecule has 1 saturated heterocycles. The summed E-state index contributed by atoms with van der Waals surface area (Å²) >= 11 is 7.33. The van der Waals surface area contributed by atoms with Gasteiger partial charge >= 0.3 is 0 Å². The third-order valence-corrected chi connectivity index (χ3v) is 5.54. The van der Waals surface area contributed by atoms with Crippen molar-refractivity contribution in [2.75, 3.05) is 13.1 Å². The van der Waals surface area contributed by atoms with E-state index in [-0.39, 0.29) is 11.7 Å². The Kier molecular flexibility index (Phi) is 3.97. The Balaban J connectivity index is 1.65. The van der Waals surface area contributed by atoms with E-state index in [0.29, 0.717) is 15.9 Å². The molecule has 0 unspecified atom stereocenters. The number of rotatable bonds is 2. The van der Waals surface area contributed by atoms with Crippen LogP contribution in [0.3, 0.4) is 0 Å². The number of hydrogen-bond acceptors (Lipinski definition) is 5. The molecule has 3 heterocycles. The van der Waals surface area contributed by atoms with Crippen molar-refractivity contribution in [2.24, 2.45) is 5.92 Å². The van der Waals surface area contributed by atoms with E-state index >= 15 is 0 Å². The van der Waals surface area contributed by atoms with E-state index in [1.807, 2.05) is 29.2 Å². The SMILES string of the molecule is CC1CCN(C(=O)c2nnc3sc(-c4ccc(Cl)cc4)nn23)CC1. The molecule has 0 atom stereocenters. The first kappa shape index (κ1) is 15.5. The number of piperidine rings is 1. The minimum absolute atomic E-state index is 0.0950. The molecule has 124 valence electrons. The maximum absolute atomic E-state index is 12.7. The Labute approximate surface area is 148 Å². The molecule has 4 rings (SSSR count). The highest BCUT2D eigenvalue weighted by Crippen LogP contribution is 2.27. The normalized spacial score (nSPS) is 16.0. The summed E-state index contributed by atoms with van der Waals surface area (Å²) in [6, 6.07) is 7.45. The summed E-state index contributed by atoms with van der Waals surface area (Å²) in [5.41, 5.74) is 0.945. The topological polar surface area (TPSA) is 63.4 Å². The van der Waals surface area contributed by atoms with Crippen LogP contribution in [0.15, 0.2) is 24.3 Å². The summed E-state index contributed by atoms with van der Waals surface area (Å²) in [5, 5.41) is 14.1. The number of carbonyl (C=O) groups is 1. The van der Waals surface area contributed by atoms with Gasteiger partial charge in [0.1, 0.15) is 5.01 Å². The highest BCUT2D eigenvalue weighted by molar-refractivity contribution is 7.19. The van der Waals surface area contributed by atoms with Crippen LogP contribution < -0.4 is 0 Å². The summed E-state index contributed by atoms with van der Waals surface area (Å²) < 4.78 is 1.55. The van der Waals surface area contributed by atoms with Gasteiger partial charge in [-0.25, -0.2) is 0 Å². The first-order valence-corrected chi connectivity index (χ1v) is 9.09. The molecule has 2 aromatic heterocycles. The number of likely N-dealkylation sites (tertiary alicyclic amines) is 1. The van der Waals surface area contributed by atoms with Gasteiger partial charge in [-0.15, -0.1) is 10.2 Å². The number of carbonyl (C=O) groups excluding carboxylic acids is 1. The molecule has 24 heavy (non-hydrogen) atoms. The second-order valence-electron chi connectivity index (χ2n) is 6.11. The molecule has 0 radical (unpaired) electrons. The second kappa shape index (κ2) is 6.14. The van der Waals surface area contributed by atoms with E-state index in [4.69, 9.17) is 11.6 Å². The molecule has 0 saturated carbocycles. The van der Waals surface area contributed by atoms with Crippen LogP contribution in [0.5, 0.6) is 0 Å². The minimum Gasteiger partial charge on any atom is -0.336 e. The Hall–Kier alpha value is -1.99. The molecule has 1 aliphatic rings. The van der Waals surface area contributed by atoms with Crippen LogP contribution in [0.2, 0.25) is 5.02 Å². The molecule has 1 amide bonds. The summed E-state index contributed by atoms with van der Waals surface area (Å²) in [4.78, 5) is 15.2. The van der Waals surface area contributed by atoms with Crippen molar-refractivity contribution in [1.29, 1.82) is 0 Å². The number of aromatic nitrogens is 4. The number of amides is 1. The fraction of sp³-hybridized carbons (Fsp3) is 0.375. The molecule has 6 nitrogen and oxygen atoms in total. The lowest BCUT2D eigenvalue weighted by molar-refractivity contribution is 0.0682. The predicted octanol–water partition coefficient (Wildman–Crippen LogP) is 3.38. The molecule has 1 aliphatic heterocycles. The molecule has 3 aromatic rings. The summed E-state index contributed by atoms with van der Waals surface area (Å²) in [6.45, 7) is 3.75. The lowest BCUT2D eigenvalue weighted by Gasteiger charge is -2.29. The lowest BCUT2D eigenvalue weighted by atomic mass is 9.99. The van der Waals surface area contributed by atoms with Crippen LogP contribution in [0, 0.1) is 5.92 Å². The van der Waals surface area contributed by atoms with Gasteiger partial charge in [0, 0.05) is 23.7 Å². The van der Waals surface area contributed by atoms with Gasteiger partial charge in [-0.2, -0.15) is 9.61 Å². The van der Waals surface area contributed by atoms with E-state index in [1.165, 1.54) is 11.3 Å². The van der Waals surface area contributed by atoms with E-state index in [0.717, 1.165) is 36.5 Å². The van der Waals surface area contributed by atoms with Crippen molar-refractivity contribution in [2.45, 2.75) is 19.8 Å². The van der Waals surface area contributed by atoms with Crippen molar-refractivity contribution < 1.29 is 4.79 Å². The van der Waals surface area contributed by atoms with Gasteiger partial charge in [-0.3, -0.25) is 4.79 Å². The van der Waals surface area contributed by atoms with Crippen LogP contribution in [0.25, 0.3) is 15.5 Å². The average Bonchev–Trinajstić information content (AvgIpc) is 3.16. The Morgan fingerprint density at radius 2 is 1.92 bits per heavy atom. The fourth-order valence-corrected chi connectivity index (χ4v) is 3.78. The standard InChI is InChI=1S/C16H16ClN5OS/c1-10-6-8-21(9-7-10)15(23)13-18-19-16-22(13)20-14(24-16)11-2-4-12(17)5-3-11/h2-5,10H,6-9H2,1H3. The smallest absolute Gasteiger partial charge is 0.293 e. The summed E-state index contributed by atoms with van der Waals surface area (Å²) in [6.07, 6.45) is 2.06. The molecule has 1 aromatic carbocycles.